The lowest BCUT2D eigenvalue weighted by Crippen LogP contribution is -1.78. The first-order valence-corrected chi connectivity index (χ1v) is 2.65. The van der Waals surface area contributed by atoms with Crippen molar-refractivity contribution in [2.75, 3.05) is 0 Å². The molecule has 0 fully saturated rings. The van der Waals surface area contributed by atoms with Gasteiger partial charge in [0.1, 0.15) is 5.15 Å². The second-order valence-corrected chi connectivity index (χ2v) is 1.90. The maximum atomic E-state index is 8.46. The molecule has 0 unspecified atom stereocenters. The van der Waals surface area contributed by atoms with Gasteiger partial charge in [-0.1, -0.05) is 11.6 Å². The number of aromatic nitrogens is 1. The number of H-pyrrole nitrogens is 1. The van der Waals surface area contributed by atoms with E-state index in [1.807, 2.05) is 0 Å². The molecule has 2 N–H and O–H groups in total. The minimum atomic E-state index is 0.0206. The summed E-state index contributed by atoms with van der Waals surface area (Å²) in [4.78, 5) is 2.74. The van der Waals surface area contributed by atoms with E-state index in [0.29, 0.717) is 5.15 Å². The number of aliphatic hydroxyl groups is 1. The average Bonchev–Trinajstić information content (AvgIpc) is 2.14. The zero-order valence-corrected chi connectivity index (χ0v) is 4.94. The number of nitrogens with one attached hydrogen (secondary N) is 1. The number of aromatic amines is 1. The zero-order chi connectivity index (χ0) is 5.98. The fourth-order valence-corrected chi connectivity index (χ4v) is 0.687. The van der Waals surface area contributed by atoms with Crippen molar-refractivity contribution in [3.05, 3.63) is 23.0 Å². The van der Waals surface area contributed by atoms with Crippen molar-refractivity contribution < 1.29 is 5.11 Å². The summed E-state index contributed by atoms with van der Waals surface area (Å²) in [6.07, 6.45) is 0. The van der Waals surface area contributed by atoms with E-state index in [1.54, 1.807) is 12.1 Å². The molecule has 8 heavy (non-hydrogen) atoms. The number of rotatable bonds is 1. The standard InChI is InChI=1S/C5H6ClNO/c6-5-2-1-4(3-8)7-5/h1-2,7-8H,3H2. The minimum absolute atomic E-state index is 0.0206. The fraction of sp³-hybridized carbons (Fsp3) is 0.200. The van der Waals surface area contributed by atoms with Gasteiger partial charge in [-0.3, -0.25) is 0 Å². The molecule has 0 aliphatic carbocycles. The normalized spacial score (nSPS) is 9.75. The van der Waals surface area contributed by atoms with Crippen molar-refractivity contribution in [2.45, 2.75) is 6.61 Å². The van der Waals surface area contributed by atoms with Gasteiger partial charge >= 0.3 is 0 Å². The van der Waals surface area contributed by atoms with Crippen LogP contribution in [0.2, 0.25) is 5.15 Å². The Bertz CT molecular complexity index is 173. The SMILES string of the molecule is OCc1ccc(Cl)[nH]1. The summed E-state index contributed by atoms with van der Waals surface area (Å²) in [6, 6.07) is 3.44. The molecule has 0 amide bonds. The van der Waals surface area contributed by atoms with Crippen LogP contribution < -0.4 is 0 Å². The molecule has 0 saturated carbocycles. The molecule has 0 radical (unpaired) electrons. The Hall–Kier alpha value is -0.470. The zero-order valence-electron chi connectivity index (χ0n) is 4.19. The van der Waals surface area contributed by atoms with Crippen molar-refractivity contribution >= 4 is 11.6 Å². The van der Waals surface area contributed by atoms with Gasteiger partial charge in [-0.05, 0) is 12.1 Å². The van der Waals surface area contributed by atoms with Gasteiger partial charge in [0, 0.05) is 5.69 Å². The molecule has 0 atom stereocenters. The monoisotopic (exact) mass is 131 g/mol. The van der Waals surface area contributed by atoms with Crippen LogP contribution in [0.25, 0.3) is 0 Å². The van der Waals surface area contributed by atoms with E-state index in [4.69, 9.17) is 16.7 Å². The van der Waals surface area contributed by atoms with Crippen LogP contribution >= 0.6 is 11.6 Å². The maximum Gasteiger partial charge on any atom is 0.106 e. The van der Waals surface area contributed by atoms with E-state index in [2.05, 4.69) is 4.98 Å². The van der Waals surface area contributed by atoms with Gasteiger partial charge in [0.05, 0.1) is 6.61 Å². The highest BCUT2D eigenvalue weighted by Crippen LogP contribution is 2.06. The van der Waals surface area contributed by atoms with Crippen molar-refractivity contribution in [2.24, 2.45) is 0 Å². The van der Waals surface area contributed by atoms with Gasteiger partial charge in [-0.25, -0.2) is 0 Å². The second-order valence-electron chi connectivity index (χ2n) is 1.49. The summed E-state index contributed by atoms with van der Waals surface area (Å²) < 4.78 is 0. The molecule has 2 nitrogen and oxygen atoms in total. The van der Waals surface area contributed by atoms with Crippen molar-refractivity contribution in [3.63, 3.8) is 0 Å². The van der Waals surface area contributed by atoms with Crippen LogP contribution in [0.15, 0.2) is 12.1 Å². The highest BCUT2D eigenvalue weighted by molar-refractivity contribution is 6.29. The summed E-state index contributed by atoms with van der Waals surface area (Å²) in [5.41, 5.74) is 0.745. The van der Waals surface area contributed by atoms with Gasteiger partial charge in [0.25, 0.3) is 0 Å². The lowest BCUT2D eigenvalue weighted by atomic mass is 10.5. The summed E-state index contributed by atoms with van der Waals surface area (Å²) in [5.74, 6) is 0. The average molecular weight is 132 g/mol. The number of aliphatic hydroxyl groups excluding tert-OH is 1. The van der Waals surface area contributed by atoms with E-state index in [9.17, 15) is 0 Å². The van der Waals surface area contributed by atoms with Crippen LogP contribution in [0, 0.1) is 0 Å². The van der Waals surface area contributed by atoms with Crippen LogP contribution in [0.3, 0.4) is 0 Å². The lowest BCUT2D eigenvalue weighted by molar-refractivity contribution is 0.277. The predicted molar refractivity (Wildman–Crippen MR) is 31.7 cm³/mol. The predicted octanol–water partition coefficient (Wildman–Crippen LogP) is 1.16. The number of halogens is 1. The number of hydrogen-bond donors (Lipinski definition) is 2. The summed E-state index contributed by atoms with van der Waals surface area (Å²) >= 11 is 5.47. The molecule has 0 aliphatic heterocycles. The quantitative estimate of drug-likeness (QED) is 0.590. The molecule has 0 bridgehead atoms. The van der Waals surface area contributed by atoms with Gasteiger partial charge < -0.3 is 10.1 Å². The highest BCUT2D eigenvalue weighted by Gasteiger charge is 1.90. The molecule has 0 saturated heterocycles. The third kappa shape index (κ3) is 1.02. The molecular formula is C5H6ClNO. The van der Waals surface area contributed by atoms with Crippen LogP contribution in [-0.4, -0.2) is 10.1 Å². The Morgan fingerprint density at radius 1 is 1.62 bits per heavy atom. The first kappa shape index (κ1) is 5.66. The van der Waals surface area contributed by atoms with Gasteiger partial charge in [0.15, 0.2) is 0 Å². The van der Waals surface area contributed by atoms with Crippen molar-refractivity contribution in [1.29, 1.82) is 0 Å². The Balaban J connectivity index is 2.84. The van der Waals surface area contributed by atoms with Gasteiger partial charge in [-0.2, -0.15) is 0 Å². The molecular weight excluding hydrogens is 126 g/mol. The Morgan fingerprint density at radius 2 is 2.38 bits per heavy atom. The molecule has 0 aliphatic rings. The molecule has 1 aromatic heterocycles. The van der Waals surface area contributed by atoms with Crippen LogP contribution in [0.1, 0.15) is 5.69 Å². The largest absolute Gasteiger partial charge is 0.390 e. The van der Waals surface area contributed by atoms with E-state index in [0.717, 1.165) is 5.69 Å². The Morgan fingerprint density at radius 3 is 2.62 bits per heavy atom. The molecule has 1 aromatic rings. The molecule has 0 spiro atoms. The minimum Gasteiger partial charge on any atom is -0.390 e. The fourth-order valence-electron chi connectivity index (χ4n) is 0.503. The summed E-state index contributed by atoms with van der Waals surface area (Å²) in [7, 11) is 0. The van der Waals surface area contributed by atoms with E-state index in [1.165, 1.54) is 0 Å². The Labute approximate surface area is 52.1 Å². The molecule has 1 heterocycles. The van der Waals surface area contributed by atoms with Crippen LogP contribution in [-0.2, 0) is 6.61 Å². The number of hydrogen-bond acceptors (Lipinski definition) is 1. The third-order valence-corrected chi connectivity index (χ3v) is 1.10. The van der Waals surface area contributed by atoms with E-state index < -0.39 is 0 Å². The van der Waals surface area contributed by atoms with Crippen LogP contribution in [0.5, 0.6) is 0 Å². The molecule has 0 aromatic carbocycles. The summed E-state index contributed by atoms with van der Waals surface area (Å²) in [5, 5.41) is 9.02. The molecule has 3 heteroatoms. The summed E-state index contributed by atoms with van der Waals surface area (Å²) in [6.45, 7) is 0.0206. The molecule has 1 rings (SSSR count). The second kappa shape index (κ2) is 2.20. The van der Waals surface area contributed by atoms with Crippen molar-refractivity contribution in [1.82, 2.24) is 4.98 Å². The highest BCUT2D eigenvalue weighted by atomic mass is 35.5. The Kier molecular flexibility index (Phi) is 1.56. The van der Waals surface area contributed by atoms with Crippen LogP contribution in [0.4, 0.5) is 0 Å². The molecule has 44 valence electrons. The first-order valence-electron chi connectivity index (χ1n) is 2.27. The van der Waals surface area contributed by atoms with Crippen molar-refractivity contribution in [3.8, 4) is 0 Å². The third-order valence-electron chi connectivity index (χ3n) is 0.881. The maximum absolute atomic E-state index is 8.46. The van der Waals surface area contributed by atoms with Gasteiger partial charge in [-0.15, -0.1) is 0 Å². The smallest absolute Gasteiger partial charge is 0.106 e. The van der Waals surface area contributed by atoms with E-state index >= 15 is 0 Å². The first-order chi connectivity index (χ1) is 3.83. The van der Waals surface area contributed by atoms with Gasteiger partial charge in [0.2, 0.25) is 0 Å². The lowest BCUT2D eigenvalue weighted by Gasteiger charge is -1.83. The van der Waals surface area contributed by atoms with E-state index in [-0.39, 0.29) is 6.61 Å². The topological polar surface area (TPSA) is 36.0 Å².